The molecule has 1 aliphatic heterocycles. The second-order valence-corrected chi connectivity index (χ2v) is 4.98. The number of aromatic nitrogens is 3. The van der Waals surface area contributed by atoms with Crippen LogP contribution in [-0.2, 0) is 0 Å². The lowest BCUT2D eigenvalue weighted by Gasteiger charge is -2.24. The lowest BCUT2D eigenvalue weighted by atomic mass is 10.2. The molecule has 2 rings (SSSR count). The first-order valence-corrected chi connectivity index (χ1v) is 6.87. The Kier molecular flexibility index (Phi) is 4.47. The van der Waals surface area contributed by atoms with Crippen molar-refractivity contribution < 1.29 is 0 Å². The maximum absolute atomic E-state index is 4.56. The molecule has 1 saturated heterocycles. The smallest absolute Gasteiger partial charge is 0.245 e. The lowest BCUT2D eigenvalue weighted by Crippen LogP contribution is -2.39. The topological polar surface area (TPSA) is 53.9 Å². The van der Waals surface area contributed by atoms with Crippen molar-refractivity contribution in [3.05, 3.63) is 11.4 Å². The quantitative estimate of drug-likeness (QED) is 0.801. The molecule has 0 saturated carbocycles. The number of nitrogens with zero attached hydrogens (tertiary/aromatic N) is 4. The number of rotatable bonds is 5. The van der Waals surface area contributed by atoms with Crippen LogP contribution in [0.1, 0.15) is 37.6 Å². The van der Waals surface area contributed by atoms with E-state index in [-0.39, 0.29) is 0 Å². The standard InChI is InChI=1S/C13H23N5/c1-4-7-14-9-12-6-5-8-18(12)13-15-10(2)11(3)16-17-13/h12,14H,4-9H2,1-3H3. The van der Waals surface area contributed by atoms with Gasteiger partial charge < -0.3 is 10.2 Å². The molecule has 0 aromatic carbocycles. The largest absolute Gasteiger partial charge is 0.335 e. The van der Waals surface area contributed by atoms with Crippen LogP contribution in [0.25, 0.3) is 0 Å². The molecule has 1 aromatic heterocycles. The van der Waals surface area contributed by atoms with Gasteiger partial charge in [-0.05, 0) is 39.7 Å². The Morgan fingerprint density at radius 2 is 2.11 bits per heavy atom. The summed E-state index contributed by atoms with van der Waals surface area (Å²) in [6, 6.07) is 0.514. The fourth-order valence-corrected chi connectivity index (χ4v) is 2.32. The Morgan fingerprint density at radius 3 is 2.83 bits per heavy atom. The molecule has 1 aromatic rings. The Morgan fingerprint density at radius 1 is 1.28 bits per heavy atom. The molecule has 1 atom stereocenters. The van der Waals surface area contributed by atoms with E-state index in [0.717, 1.165) is 37.0 Å². The fourth-order valence-electron chi connectivity index (χ4n) is 2.32. The summed E-state index contributed by atoms with van der Waals surface area (Å²) < 4.78 is 0. The van der Waals surface area contributed by atoms with E-state index in [9.17, 15) is 0 Å². The molecule has 1 N–H and O–H groups in total. The Bertz CT molecular complexity index is 393. The molecule has 0 spiro atoms. The van der Waals surface area contributed by atoms with Gasteiger partial charge in [0.05, 0.1) is 11.4 Å². The third-order valence-corrected chi connectivity index (χ3v) is 3.52. The molecule has 1 fully saturated rings. The zero-order valence-electron chi connectivity index (χ0n) is 11.6. The predicted octanol–water partition coefficient (Wildman–Crippen LogP) is 1.46. The summed E-state index contributed by atoms with van der Waals surface area (Å²) in [7, 11) is 0. The van der Waals surface area contributed by atoms with Gasteiger partial charge in [-0.2, -0.15) is 5.10 Å². The van der Waals surface area contributed by atoms with E-state index in [1.807, 2.05) is 13.8 Å². The van der Waals surface area contributed by atoms with Crippen molar-refractivity contribution in [2.45, 2.75) is 46.1 Å². The van der Waals surface area contributed by atoms with Gasteiger partial charge in [-0.1, -0.05) is 6.92 Å². The highest BCUT2D eigenvalue weighted by atomic mass is 15.3. The Balaban J connectivity index is 2.03. The third kappa shape index (κ3) is 2.96. The molecular weight excluding hydrogens is 226 g/mol. The average Bonchev–Trinajstić information content (AvgIpc) is 2.81. The van der Waals surface area contributed by atoms with Crippen molar-refractivity contribution in [2.75, 3.05) is 24.5 Å². The van der Waals surface area contributed by atoms with Gasteiger partial charge in [-0.3, -0.25) is 0 Å². The van der Waals surface area contributed by atoms with Crippen LogP contribution in [-0.4, -0.2) is 40.9 Å². The third-order valence-electron chi connectivity index (χ3n) is 3.52. The van der Waals surface area contributed by atoms with Crippen LogP contribution in [0.2, 0.25) is 0 Å². The summed E-state index contributed by atoms with van der Waals surface area (Å²) >= 11 is 0. The van der Waals surface area contributed by atoms with Crippen molar-refractivity contribution in [3.8, 4) is 0 Å². The molecule has 2 heterocycles. The maximum Gasteiger partial charge on any atom is 0.245 e. The summed E-state index contributed by atoms with van der Waals surface area (Å²) in [5.74, 6) is 0.791. The first-order chi connectivity index (χ1) is 8.72. The highest BCUT2D eigenvalue weighted by molar-refractivity contribution is 5.33. The Labute approximate surface area is 109 Å². The molecule has 0 bridgehead atoms. The number of aryl methyl sites for hydroxylation is 2. The summed E-state index contributed by atoms with van der Waals surface area (Å²) in [6.07, 6.45) is 3.61. The molecule has 0 aliphatic carbocycles. The van der Waals surface area contributed by atoms with E-state index in [1.54, 1.807) is 0 Å². The van der Waals surface area contributed by atoms with E-state index in [1.165, 1.54) is 19.3 Å². The van der Waals surface area contributed by atoms with E-state index >= 15 is 0 Å². The molecule has 1 unspecified atom stereocenters. The van der Waals surface area contributed by atoms with Crippen molar-refractivity contribution in [3.63, 3.8) is 0 Å². The van der Waals surface area contributed by atoms with Gasteiger partial charge in [-0.15, -0.1) is 5.10 Å². The number of hydrogen-bond donors (Lipinski definition) is 1. The monoisotopic (exact) mass is 249 g/mol. The van der Waals surface area contributed by atoms with E-state index in [4.69, 9.17) is 0 Å². The highest BCUT2D eigenvalue weighted by Crippen LogP contribution is 2.21. The highest BCUT2D eigenvalue weighted by Gasteiger charge is 2.26. The van der Waals surface area contributed by atoms with Gasteiger partial charge in [0.2, 0.25) is 5.95 Å². The minimum absolute atomic E-state index is 0.514. The molecule has 100 valence electrons. The number of hydrogen-bond acceptors (Lipinski definition) is 5. The summed E-state index contributed by atoms with van der Waals surface area (Å²) in [5.41, 5.74) is 1.89. The van der Waals surface area contributed by atoms with Crippen LogP contribution < -0.4 is 10.2 Å². The normalized spacial score (nSPS) is 19.5. The van der Waals surface area contributed by atoms with Crippen molar-refractivity contribution in [1.82, 2.24) is 20.5 Å². The van der Waals surface area contributed by atoms with Gasteiger partial charge in [-0.25, -0.2) is 4.98 Å². The SMILES string of the molecule is CCCNCC1CCCN1c1nnc(C)c(C)n1. The van der Waals surface area contributed by atoms with Gasteiger partial charge in [0.25, 0.3) is 0 Å². The first-order valence-electron chi connectivity index (χ1n) is 6.87. The second kappa shape index (κ2) is 6.09. The zero-order valence-corrected chi connectivity index (χ0v) is 11.6. The predicted molar refractivity (Wildman–Crippen MR) is 72.8 cm³/mol. The van der Waals surface area contributed by atoms with Gasteiger partial charge in [0.15, 0.2) is 0 Å². The van der Waals surface area contributed by atoms with Gasteiger partial charge in [0, 0.05) is 19.1 Å². The summed E-state index contributed by atoms with van der Waals surface area (Å²) in [4.78, 5) is 6.85. The molecular formula is C13H23N5. The fraction of sp³-hybridized carbons (Fsp3) is 0.769. The van der Waals surface area contributed by atoms with Crippen LogP contribution >= 0.6 is 0 Å². The number of anilines is 1. The molecule has 5 nitrogen and oxygen atoms in total. The van der Waals surface area contributed by atoms with Crippen LogP contribution in [0.3, 0.4) is 0 Å². The van der Waals surface area contributed by atoms with Crippen molar-refractivity contribution >= 4 is 5.95 Å². The molecule has 0 amide bonds. The minimum atomic E-state index is 0.514. The summed E-state index contributed by atoms with van der Waals surface area (Å²) in [5, 5.41) is 11.9. The summed E-state index contributed by atoms with van der Waals surface area (Å²) in [6.45, 7) is 9.27. The van der Waals surface area contributed by atoms with Crippen LogP contribution in [0.15, 0.2) is 0 Å². The maximum atomic E-state index is 4.56. The van der Waals surface area contributed by atoms with E-state index < -0.39 is 0 Å². The van der Waals surface area contributed by atoms with Gasteiger partial charge >= 0.3 is 0 Å². The molecule has 18 heavy (non-hydrogen) atoms. The molecule has 5 heteroatoms. The lowest BCUT2D eigenvalue weighted by molar-refractivity contribution is 0.563. The van der Waals surface area contributed by atoms with E-state index in [2.05, 4.69) is 32.3 Å². The van der Waals surface area contributed by atoms with Crippen molar-refractivity contribution in [2.24, 2.45) is 0 Å². The van der Waals surface area contributed by atoms with Crippen LogP contribution in [0.5, 0.6) is 0 Å². The zero-order chi connectivity index (χ0) is 13.0. The average molecular weight is 249 g/mol. The number of nitrogens with one attached hydrogen (secondary N) is 1. The van der Waals surface area contributed by atoms with Crippen LogP contribution in [0.4, 0.5) is 5.95 Å². The van der Waals surface area contributed by atoms with Crippen molar-refractivity contribution in [1.29, 1.82) is 0 Å². The Hall–Kier alpha value is -1.23. The first kappa shape index (κ1) is 13.2. The van der Waals surface area contributed by atoms with E-state index in [0.29, 0.717) is 6.04 Å². The van der Waals surface area contributed by atoms with Gasteiger partial charge in [0.1, 0.15) is 0 Å². The van der Waals surface area contributed by atoms with Crippen LogP contribution in [0, 0.1) is 13.8 Å². The molecule has 1 aliphatic rings. The molecule has 0 radical (unpaired) electrons. The minimum Gasteiger partial charge on any atom is -0.335 e. The second-order valence-electron chi connectivity index (χ2n) is 4.98.